The molecule has 1 aliphatic carbocycles. The molecule has 0 spiro atoms. The predicted molar refractivity (Wildman–Crippen MR) is 79.6 cm³/mol. The van der Waals surface area contributed by atoms with E-state index in [1.165, 1.54) is 37.7 Å². The first-order chi connectivity index (χ1) is 8.70. The minimum absolute atomic E-state index is 0.558. The van der Waals surface area contributed by atoms with Crippen LogP contribution >= 0.6 is 23.2 Å². The highest BCUT2D eigenvalue weighted by atomic mass is 35.5. The van der Waals surface area contributed by atoms with Crippen LogP contribution in [0.1, 0.15) is 37.7 Å². The smallest absolute Gasteiger partial charge is 0.0595 e. The standard InChI is InChI=1S/C15H21Cl2N/c1-18-15(12-5-3-2-4-6-12)10-11-7-8-13(16)14(17)9-11/h7-9,12,15,18H,2-6,10H2,1H3. The quantitative estimate of drug-likeness (QED) is 0.845. The van der Waals surface area contributed by atoms with Gasteiger partial charge < -0.3 is 5.32 Å². The number of hydrogen-bond acceptors (Lipinski definition) is 1. The molecule has 1 atom stereocenters. The first-order valence-electron chi connectivity index (χ1n) is 6.82. The Morgan fingerprint density at radius 1 is 1.17 bits per heavy atom. The number of rotatable bonds is 4. The molecule has 3 heteroatoms. The van der Waals surface area contributed by atoms with Crippen LogP contribution in [0.25, 0.3) is 0 Å². The Kier molecular flexibility index (Phi) is 5.35. The fourth-order valence-corrected chi connectivity index (χ4v) is 3.28. The van der Waals surface area contributed by atoms with Gasteiger partial charge in [0, 0.05) is 6.04 Å². The molecule has 1 aliphatic rings. The van der Waals surface area contributed by atoms with Crippen LogP contribution in [0.3, 0.4) is 0 Å². The van der Waals surface area contributed by atoms with Crippen molar-refractivity contribution in [3.63, 3.8) is 0 Å². The molecule has 1 unspecified atom stereocenters. The molecular formula is C15H21Cl2N. The summed E-state index contributed by atoms with van der Waals surface area (Å²) in [6.45, 7) is 0. The molecule has 1 aromatic carbocycles. The molecular weight excluding hydrogens is 265 g/mol. The lowest BCUT2D eigenvalue weighted by atomic mass is 9.81. The predicted octanol–water partition coefficient (Wildman–Crippen LogP) is 4.70. The number of hydrogen-bond donors (Lipinski definition) is 1. The minimum Gasteiger partial charge on any atom is -0.316 e. The largest absolute Gasteiger partial charge is 0.316 e. The number of benzene rings is 1. The molecule has 1 N–H and O–H groups in total. The summed E-state index contributed by atoms with van der Waals surface area (Å²) in [7, 11) is 2.07. The van der Waals surface area contributed by atoms with Crippen molar-refractivity contribution in [3.8, 4) is 0 Å². The van der Waals surface area contributed by atoms with Gasteiger partial charge in [-0.25, -0.2) is 0 Å². The third-order valence-corrected chi connectivity index (χ3v) is 4.77. The van der Waals surface area contributed by atoms with Crippen LogP contribution in [0, 0.1) is 5.92 Å². The van der Waals surface area contributed by atoms with Gasteiger partial charge in [0.2, 0.25) is 0 Å². The van der Waals surface area contributed by atoms with Gasteiger partial charge in [-0.1, -0.05) is 48.5 Å². The van der Waals surface area contributed by atoms with Crippen molar-refractivity contribution in [3.05, 3.63) is 33.8 Å². The SMILES string of the molecule is CNC(Cc1ccc(Cl)c(Cl)c1)C1CCCCC1. The van der Waals surface area contributed by atoms with Crippen LogP contribution in [-0.4, -0.2) is 13.1 Å². The van der Waals surface area contributed by atoms with Crippen LogP contribution in [0.5, 0.6) is 0 Å². The number of likely N-dealkylation sites (N-methyl/N-ethyl adjacent to an activating group) is 1. The molecule has 1 aromatic rings. The van der Waals surface area contributed by atoms with Crippen LogP contribution in [-0.2, 0) is 6.42 Å². The normalized spacial score (nSPS) is 18.8. The molecule has 0 amide bonds. The zero-order valence-electron chi connectivity index (χ0n) is 10.9. The molecule has 0 saturated heterocycles. The molecule has 0 aliphatic heterocycles. The Bertz CT molecular complexity index is 386. The highest BCUT2D eigenvalue weighted by Gasteiger charge is 2.22. The zero-order chi connectivity index (χ0) is 13.0. The molecule has 1 nitrogen and oxygen atoms in total. The van der Waals surface area contributed by atoms with E-state index in [0.29, 0.717) is 16.1 Å². The first-order valence-corrected chi connectivity index (χ1v) is 7.57. The lowest BCUT2D eigenvalue weighted by Gasteiger charge is -2.30. The molecule has 1 fully saturated rings. The van der Waals surface area contributed by atoms with Crippen LogP contribution in [0.15, 0.2) is 18.2 Å². The van der Waals surface area contributed by atoms with Gasteiger partial charge in [-0.2, -0.15) is 0 Å². The van der Waals surface area contributed by atoms with Gasteiger partial charge in [0.05, 0.1) is 10.0 Å². The highest BCUT2D eigenvalue weighted by Crippen LogP contribution is 2.29. The summed E-state index contributed by atoms with van der Waals surface area (Å²) in [5.74, 6) is 0.804. The average Bonchev–Trinajstić information content (AvgIpc) is 2.41. The van der Waals surface area contributed by atoms with Gasteiger partial charge in [-0.3, -0.25) is 0 Å². The second-order valence-electron chi connectivity index (χ2n) is 5.25. The van der Waals surface area contributed by atoms with Crippen molar-refractivity contribution in [2.24, 2.45) is 5.92 Å². The fourth-order valence-electron chi connectivity index (χ4n) is 2.96. The Hall–Kier alpha value is -0.240. The summed E-state index contributed by atoms with van der Waals surface area (Å²) in [5, 5.41) is 4.78. The Balaban J connectivity index is 2.02. The summed E-state index contributed by atoms with van der Waals surface area (Å²) in [6.07, 6.45) is 7.91. The highest BCUT2D eigenvalue weighted by molar-refractivity contribution is 6.42. The maximum Gasteiger partial charge on any atom is 0.0595 e. The van der Waals surface area contributed by atoms with E-state index in [0.717, 1.165) is 12.3 Å². The Morgan fingerprint density at radius 2 is 1.89 bits per heavy atom. The van der Waals surface area contributed by atoms with E-state index in [4.69, 9.17) is 23.2 Å². The molecule has 0 aromatic heterocycles. The van der Waals surface area contributed by atoms with Gasteiger partial charge in [0.15, 0.2) is 0 Å². The van der Waals surface area contributed by atoms with Gasteiger partial charge in [0.25, 0.3) is 0 Å². The summed E-state index contributed by atoms with van der Waals surface area (Å²) in [4.78, 5) is 0. The summed E-state index contributed by atoms with van der Waals surface area (Å²) in [5.41, 5.74) is 1.27. The van der Waals surface area contributed by atoms with Crippen LogP contribution in [0.2, 0.25) is 10.0 Å². The third-order valence-electron chi connectivity index (χ3n) is 4.03. The summed E-state index contributed by atoms with van der Waals surface area (Å²) in [6, 6.07) is 6.54. The van der Waals surface area contributed by atoms with Crippen molar-refractivity contribution in [1.82, 2.24) is 5.32 Å². The lowest BCUT2D eigenvalue weighted by Crippen LogP contribution is -2.36. The molecule has 0 heterocycles. The first kappa shape index (κ1) is 14.2. The van der Waals surface area contributed by atoms with Crippen molar-refractivity contribution >= 4 is 23.2 Å². The second kappa shape index (κ2) is 6.79. The molecule has 0 radical (unpaired) electrons. The average molecular weight is 286 g/mol. The lowest BCUT2D eigenvalue weighted by molar-refractivity contribution is 0.277. The fraction of sp³-hybridized carbons (Fsp3) is 0.600. The third kappa shape index (κ3) is 3.63. The van der Waals surface area contributed by atoms with E-state index in [1.54, 1.807) is 0 Å². The minimum atomic E-state index is 0.558. The van der Waals surface area contributed by atoms with Crippen molar-refractivity contribution in [1.29, 1.82) is 0 Å². The monoisotopic (exact) mass is 285 g/mol. The Labute approximate surface area is 120 Å². The van der Waals surface area contributed by atoms with E-state index in [9.17, 15) is 0 Å². The van der Waals surface area contributed by atoms with E-state index in [2.05, 4.69) is 18.4 Å². The van der Waals surface area contributed by atoms with Crippen LogP contribution < -0.4 is 5.32 Å². The summed E-state index contributed by atoms with van der Waals surface area (Å²) < 4.78 is 0. The van der Waals surface area contributed by atoms with Crippen molar-refractivity contribution in [2.75, 3.05) is 7.05 Å². The van der Waals surface area contributed by atoms with E-state index in [-0.39, 0.29) is 0 Å². The molecule has 0 bridgehead atoms. The summed E-state index contributed by atoms with van der Waals surface area (Å²) >= 11 is 12.0. The van der Waals surface area contributed by atoms with Gasteiger partial charge in [0.1, 0.15) is 0 Å². The molecule has 2 rings (SSSR count). The van der Waals surface area contributed by atoms with Gasteiger partial charge in [-0.15, -0.1) is 0 Å². The van der Waals surface area contributed by atoms with E-state index >= 15 is 0 Å². The topological polar surface area (TPSA) is 12.0 Å². The second-order valence-corrected chi connectivity index (χ2v) is 6.06. The number of halogens is 2. The maximum atomic E-state index is 6.07. The van der Waals surface area contributed by atoms with Gasteiger partial charge >= 0.3 is 0 Å². The van der Waals surface area contributed by atoms with Crippen molar-refractivity contribution in [2.45, 2.75) is 44.6 Å². The zero-order valence-corrected chi connectivity index (χ0v) is 12.4. The van der Waals surface area contributed by atoms with E-state index in [1.807, 2.05) is 12.1 Å². The molecule has 100 valence electrons. The molecule has 18 heavy (non-hydrogen) atoms. The molecule has 1 saturated carbocycles. The van der Waals surface area contributed by atoms with Crippen molar-refractivity contribution < 1.29 is 0 Å². The maximum absolute atomic E-state index is 6.07. The van der Waals surface area contributed by atoms with Crippen LogP contribution in [0.4, 0.5) is 0 Å². The number of nitrogens with one attached hydrogen (secondary N) is 1. The van der Waals surface area contributed by atoms with Gasteiger partial charge in [-0.05, 0) is 49.9 Å². The van der Waals surface area contributed by atoms with E-state index < -0.39 is 0 Å². The Morgan fingerprint density at radius 3 is 2.50 bits per heavy atom.